The molecular formula is C25H21NO6. The van der Waals surface area contributed by atoms with Crippen LogP contribution in [0.15, 0.2) is 76.9 Å². The first-order valence-corrected chi connectivity index (χ1v) is 10.4. The van der Waals surface area contributed by atoms with E-state index >= 15 is 0 Å². The molecule has 1 amide bonds. The number of amides is 1. The Bertz CT molecular complexity index is 1180. The first kappa shape index (κ1) is 19.9. The normalized spacial score (nSPS) is 19.4. The van der Waals surface area contributed by atoms with Crippen molar-refractivity contribution < 1.29 is 28.6 Å². The van der Waals surface area contributed by atoms with E-state index in [9.17, 15) is 14.7 Å². The maximum Gasteiger partial charge on any atom is 0.295 e. The molecule has 2 aliphatic heterocycles. The van der Waals surface area contributed by atoms with Crippen LogP contribution in [0.5, 0.6) is 11.5 Å². The van der Waals surface area contributed by atoms with Gasteiger partial charge in [0.2, 0.25) is 0 Å². The van der Waals surface area contributed by atoms with Crippen LogP contribution in [0.4, 0.5) is 0 Å². The number of ketones is 1. The van der Waals surface area contributed by atoms with Crippen molar-refractivity contribution in [2.24, 2.45) is 0 Å². The molecule has 0 spiro atoms. The zero-order valence-electron chi connectivity index (χ0n) is 17.2. The smallest absolute Gasteiger partial charge is 0.295 e. The molecule has 7 heteroatoms. The molecule has 0 unspecified atom stereocenters. The van der Waals surface area contributed by atoms with Gasteiger partial charge < -0.3 is 23.9 Å². The highest BCUT2D eigenvalue weighted by Crippen LogP contribution is 2.41. The maximum atomic E-state index is 13.0. The van der Waals surface area contributed by atoms with E-state index in [0.717, 1.165) is 5.56 Å². The number of ether oxygens (including phenoxy) is 2. The first-order chi connectivity index (χ1) is 15.6. The van der Waals surface area contributed by atoms with Gasteiger partial charge in [-0.1, -0.05) is 30.3 Å². The van der Waals surface area contributed by atoms with Gasteiger partial charge in [0.1, 0.15) is 30.8 Å². The van der Waals surface area contributed by atoms with Gasteiger partial charge in [0.15, 0.2) is 11.5 Å². The Morgan fingerprint density at radius 1 is 0.969 bits per heavy atom. The average Bonchev–Trinajstić information content (AvgIpc) is 3.45. The summed E-state index contributed by atoms with van der Waals surface area (Å²) in [6.45, 7) is 1.15. The topological polar surface area (TPSA) is 89.2 Å². The molecular weight excluding hydrogens is 410 g/mol. The molecule has 1 atom stereocenters. The number of likely N-dealkylation sites (tertiary alicyclic amines) is 1. The van der Waals surface area contributed by atoms with E-state index in [1.807, 2.05) is 30.3 Å². The quantitative estimate of drug-likeness (QED) is 0.376. The molecule has 0 bridgehead atoms. The van der Waals surface area contributed by atoms with E-state index in [2.05, 4.69) is 0 Å². The Hall–Kier alpha value is -4.00. The molecule has 5 rings (SSSR count). The fourth-order valence-electron chi connectivity index (χ4n) is 4.09. The second kappa shape index (κ2) is 8.26. The van der Waals surface area contributed by atoms with E-state index in [-0.39, 0.29) is 11.3 Å². The largest absolute Gasteiger partial charge is 0.507 e. The number of aliphatic hydroxyl groups is 1. The minimum absolute atomic E-state index is 0.00492. The second-order valence-electron chi connectivity index (χ2n) is 7.60. The standard InChI is InChI=1S/C25H21NO6/c27-23(17-8-9-18-20(15-17)32-14-13-31-18)21-22(19-7-4-12-30-19)26(25(29)24(21)28)11-10-16-5-2-1-3-6-16/h1-9,12,15,22,27H,10-11,13-14H2/b23-21+/t22-/m1/s1. The molecule has 1 saturated heterocycles. The number of furan rings is 1. The average molecular weight is 431 g/mol. The molecule has 0 aliphatic carbocycles. The second-order valence-corrected chi connectivity index (χ2v) is 7.60. The Morgan fingerprint density at radius 3 is 2.50 bits per heavy atom. The third-order valence-electron chi connectivity index (χ3n) is 5.65. The zero-order chi connectivity index (χ0) is 22.1. The third-order valence-corrected chi connectivity index (χ3v) is 5.65. The van der Waals surface area contributed by atoms with Gasteiger partial charge in [-0.25, -0.2) is 0 Å². The van der Waals surface area contributed by atoms with Gasteiger partial charge in [-0.3, -0.25) is 9.59 Å². The molecule has 1 aromatic heterocycles. The van der Waals surface area contributed by atoms with E-state index in [1.54, 1.807) is 30.3 Å². The summed E-state index contributed by atoms with van der Waals surface area (Å²) in [7, 11) is 0. The number of fused-ring (bicyclic) bond motifs is 1. The van der Waals surface area contributed by atoms with Crippen LogP contribution in [-0.2, 0) is 16.0 Å². The molecule has 32 heavy (non-hydrogen) atoms. The Labute approximate surface area is 184 Å². The van der Waals surface area contributed by atoms with Crippen molar-refractivity contribution in [1.29, 1.82) is 0 Å². The van der Waals surface area contributed by atoms with Crippen LogP contribution in [0.2, 0.25) is 0 Å². The van der Waals surface area contributed by atoms with Gasteiger partial charge >= 0.3 is 0 Å². The summed E-state index contributed by atoms with van der Waals surface area (Å²) >= 11 is 0. The lowest BCUT2D eigenvalue weighted by Crippen LogP contribution is -2.31. The molecule has 1 N–H and O–H groups in total. The van der Waals surface area contributed by atoms with Crippen molar-refractivity contribution in [2.45, 2.75) is 12.5 Å². The summed E-state index contributed by atoms with van der Waals surface area (Å²) in [5, 5.41) is 11.1. The molecule has 7 nitrogen and oxygen atoms in total. The minimum Gasteiger partial charge on any atom is -0.507 e. The number of aliphatic hydroxyl groups excluding tert-OH is 1. The van der Waals surface area contributed by atoms with E-state index in [4.69, 9.17) is 13.9 Å². The molecule has 0 radical (unpaired) electrons. The number of hydrogen-bond donors (Lipinski definition) is 1. The van der Waals surface area contributed by atoms with Crippen molar-refractivity contribution in [2.75, 3.05) is 19.8 Å². The number of carbonyl (C=O) groups excluding carboxylic acids is 2. The lowest BCUT2D eigenvalue weighted by molar-refractivity contribution is -0.140. The molecule has 1 fully saturated rings. The van der Waals surface area contributed by atoms with Crippen molar-refractivity contribution in [3.8, 4) is 11.5 Å². The highest BCUT2D eigenvalue weighted by atomic mass is 16.6. The SMILES string of the molecule is O=C1C(=O)N(CCc2ccccc2)[C@H](c2ccco2)/C1=C(\O)c1ccc2c(c1)OCCO2. The van der Waals surface area contributed by atoms with Gasteiger partial charge in [0.25, 0.3) is 11.7 Å². The molecule has 162 valence electrons. The number of hydrogen-bond acceptors (Lipinski definition) is 6. The number of benzene rings is 2. The Morgan fingerprint density at radius 2 is 1.75 bits per heavy atom. The van der Waals surface area contributed by atoms with Crippen LogP contribution < -0.4 is 9.47 Å². The molecule has 2 aliphatic rings. The van der Waals surface area contributed by atoms with E-state index < -0.39 is 17.7 Å². The number of rotatable bonds is 5. The molecule has 0 saturated carbocycles. The summed E-state index contributed by atoms with van der Waals surface area (Å²) in [4.78, 5) is 27.4. The zero-order valence-corrected chi connectivity index (χ0v) is 17.2. The lowest BCUT2D eigenvalue weighted by atomic mass is 9.99. The summed E-state index contributed by atoms with van der Waals surface area (Å²) < 4.78 is 16.7. The minimum atomic E-state index is -0.818. The maximum absolute atomic E-state index is 13.0. The van der Waals surface area contributed by atoms with Gasteiger partial charge in [-0.15, -0.1) is 0 Å². The van der Waals surface area contributed by atoms with Crippen molar-refractivity contribution in [3.63, 3.8) is 0 Å². The molecule has 3 aromatic rings. The fourth-order valence-corrected chi connectivity index (χ4v) is 4.09. The van der Waals surface area contributed by atoms with E-state index in [0.29, 0.717) is 49.0 Å². The van der Waals surface area contributed by atoms with Gasteiger partial charge in [0, 0.05) is 12.1 Å². The summed E-state index contributed by atoms with van der Waals surface area (Å²) in [5.74, 6) is -0.222. The van der Waals surface area contributed by atoms with Gasteiger partial charge in [0.05, 0.1) is 11.8 Å². The van der Waals surface area contributed by atoms with Crippen molar-refractivity contribution in [1.82, 2.24) is 4.90 Å². The summed E-state index contributed by atoms with van der Waals surface area (Å²) in [6, 6.07) is 17.2. The number of nitrogens with zero attached hydrogens (tertiary/aromatic N) is 1. The van der Waals surface area contributed by atoms with Gasteiger partial charge in [-0.2, -0.15) is 0 Å². The van der Waals surface area contributed by atoms with Crippen LogP contribution in [0.1, 0.15) is 22.9 Å². The Kier molecular flexibility index (Phi) is 5.15. The van der Waals surface area contributed by atoms with Crippen LogP contribution >= 0.6 is 0 Å². The van der Waals surface area contributed by atoms with Crippen LogP contribution in [0.25, 0.3) is 5.76 Å². The van der Waals surface area contributed by atoms with Crippen LogP contribution in [0, 0.1) is 0 Å². The Balaban J connectivity index is 1.54. The van der Waals surface area contributed by atoms with Crippen molar-refractivity contribution >= 4 is 17.4 Å². The molecule has 2 aromatic carbocycles. The molecule has 3 heterocycles. The van der Waals surface area contributed by atoms with Gasteiger partial charge in [-0.05, 0) is 42.3 Å². The number of carbonyl (C=O) groups is 2. The summed E-state index contributed by atoms with van der Waals surface area (Å²) in [5.41, 5.74) is 1.40. The third kappa shape index (κ3) is 3.51. The fraction of sp³-hybridized carbons (Fsp3) is 0.200. The van der Waals surface area contributed by atoms with E-state index in [1.165, 1.54) is 11.2 Å². The van der Waals surface area contributed by atoms with Crippen molar-refractivity contribution in [3.05, 3.63) is 89.4 Å². The lowest BCUT2D eigenvalue weighted by Gasteiger charge is -2.23. The van der Waals surface area contributed by atoms with Crippen LogP contribution in [0.3, 0.4) is 0 Å². The first-order valence-electron chi connectivity index (χ1n) is 10.4. The summed E-state index contributed by atoms with van der Waals surface area (Å²) in [6.07, 6.45) is 2.05. The number of Topliss-reactive ketones (excluding diaryl/α,β-unsaturated/α-hetero) is 1. The predicted octanol–water partition coefficient (Wildman–Crippen LogP) is 3.72. The monoisotopic (exact) mass is 431 g/mol. The predicted molar refractivity (Wildman–Crippen MR) is 115 cm³/mol. The highest BCUT2D eigenvalue weighted by molar-refractivity contribution is 6.46. The van der Waals surface area contributed by atoms with Crippen LogP contribution in [-0.4, -0.2) is 41.5 Å². The highest BCUT2D eigenvalue weighted by Gasteiger charge is 2.47.